The maximum Gasteiger partial charge on any atom is 0.245 e. The Hall–Kier alpha value is -2.52. The van der Waals surface area contributed by atoms with E-state index in [0.717, 1.165) is 11.6 Å². The molecule has 1 atom stereocenters. The van der Waals surface area contributed by atoms with E-state index in [1.807, 2.05) is 0 Å². The van der Waals surface area contributed by atoms with Gasteiger partial charge in [-0.15, -0.1) is 0 Å². The minimum atomic E-state index is -3.74. The molecule has 9 heteroatoms. The molecule has 6 nitrogen and oxygen atoms in total. The second kappa shape index (κ2) is 7.61. The Balaban J connectivity index is 1.68. The van der Waals surface area contributed by atoms with Crippen LogP contribution in [0, 0.1) is 11.6 Å². The Morgan fingerprint density at radius 1 is 1.15 bits per heavy atom. The molecule has 0 spiro atoms. The van der Waals surface area contributed by atoms with Crippen LogP contribution < -0.4 is 10.0 Å². The third kappa shape index (κ3) is 4.25. The van der Waals surface area contributed by atoms with Crippen LogP contribution in [-0.2, 0) is 21.4 Å². The number of rotatable bonds is 6. The number of carbonyl (C=O) groups excluding carboxylic acids is 1. The quantitative estimate of drug-likeness (QED) is 0.785. The van der Waals surface area contributed by atoms with Crippen molar-refractivity contribution < 1.29 is 22.0 Å². The molecule has 27 heavy (non-hydrogen) atoms. The molecule has 3 rings (SSSR count). The van der Waals surface area contributed by atoms with E-state index in [4.69, 9.17) is 0 Å². The first kappa shape index (κ1) is 19.2. The first-order chi connectivity index (χ1) is 12.8. The number of carbonyl (C=O) groups is 1. The lowest BCUT2D eigenvalue weighted by atomic mass is 10.2. The lowest BCUT2D eigenvalue weighted by Crippen LogP contribution is -2.33. The number of benzene rings is 2. The molecule has 144 valence electrons. The minimum absolute atomic E-state index is 0.0621. The highest BCUT2D eigenvalue weighted by Gasteiger charge is 2.32. The van der Waals surface area contributed by atoms with Gasteiger partial charge in [0.2, 0.25) is 15.9 Å². The van der Waals surface area contributed by atoms with Gasteiger partial charge in [0, 0.05) is 13.1 Å². The SMILES string of the molecule is CNS(=O)(=O)c1ccc(NC2CCN(Cc3ccc(F)cc3)C2=O)c(F)c1. The maximum atomic E-state index is 14.3. The molecule has 1 amide bonds. The monoisotopic (exact) mass is 395 g/mol. The Kier molecular flexibility index (Phi) is 5.43. The molecular formula is C18H19F2N3O3S. The minimum Gasteiger partial charge on any atom is -0.371 e. The molecule has 0 saturated carbocycles. The predicted molar refractivity (Wildman–Crippen MR) is 96.5 cm³/mol. The molecule has 0 radical (unpaired) electrons. The highest BCUT2D eigenvalue weighted by atomic mass is 32.2. The van der Waals surface area contributed by atoms with Crippen molar-refractivity contribution in [3.8, 4) is 0 Å². The summed E-state index contributed by atoms with van der Waals surface area (Å²) in [6.45, 7) is 0.834. The summed E-state index contributed by atoms with van der Waals surface area (Å²) in [5.74, 6) is -1.29. The number of amides is 1. The van der Waals surface area contributed by atoms with Crippen LogP contribution in [0.4, 0.5) is 14.5 Å². The molecule has 1 saturated heterocycles. The first-order valence-electron chi connectivity index (χ1n) is 8.33. The number of anilines is 1. The van der Waals surface area contributed by atoms with Crippen molar-refractivity contribution in [2.75, 3.05) is 18.9 Å². The lowest BCUT2D eigenvalue weighted by molar-refractivity contribution is -0.128. The van der Waals surface area contributed by atoms with Crippen molar-refractivity contribution in [3.05, 3.63) is 59.7 Å². The molecule has 0 aliphatic carbocycles. The van der Waals surface area contributed by atoms with Crippen molar-refractivity contribution in [1.29, 1.82) is 0 Å². The Bertz CT molecular complexity index is 949. The van der Waals surface area contributed by atoms with Crippen LogP contribution in [0.2, 0.25) is 0 Å². The lowest BCUT2D eigenvalue weighted by Gasteiger charge is -2.18. The molecule has 1 heterocycles. The molecule has 2 aromatic rings. The highest BCUT2D eigenvalue weighted by molar-refractivity contribution is 7.89. The molecule has 1 aliphatic rings. The van der Waals surface area contributed by atoms with Gasteiger partial charge in [0.15, 0.2) is 0 Å². The highest BCUT2D eigenvalue weighted by Crippen LogP contribution is 2.23. The summed E-state index contributed by atoms with van der Waals surface area (Å²) in [7, 11) is -2.50. The number of halogens is 2. The fraction of sp³-hybridized carbons (Fsp3) is 0.278. The maximum absolute atomic E-state index is 14.3. The van der Waals surface area contributed by atoms with Gasteiger partial charge in [-0.25, -0.2) is 21.9 Å². The average Bonchev–Trinajstić information content (AvgIpc) is 2.98. The largest absolute Gasteiger partial charge is 0.371 e. The predicted octanol–water partition coefficient (Wildman–Crippen LogP) is 2.09. The van der Waals surface area contributed by atoms with Gasteiger partial charge >= 0.3 is 0 Å². The van der Waals surface area contributed by atoms with Crippen LogP contribution in [0.5, 0.6) is 0 Å². The standard InChI is InChI=1S/C18H19F2N3O3S/c1-21-27(25,26)14-6-7-16(15(20)10-14)22-17-8-9-23(18(17)24)11-12-2-4-13(19)5-3-12/h2-7,10,17,21-22H,8-9,11H2,1H3. The topological polar surface area (TPSA) is 78.5 Å². The second-order valence-corrected chi connectivity index (χ2v) is 8.11. The summed E-state index contributed by atoms with van der Waals surface area (Å²) in [6, 6.07) is 8.77. The van der Waals surface area contributed by atoms with Gasteiger partial charge in [0.25, 0.3) is 0 Å². The van der Waals surface area contributed by atoms with Gasteiger partial charge < -0.3 is 10.2 Å². The molecule has 1 fully saturated rings. The first-order valence-corrected chi connectivity index (χ1v) is 9.81. The number of likely N-dealkylation sites (tertiary alicyclic amines) is 1. The van der Waals surface area contributed by atoms with Crippen molar-refractivity contribution in [1.82, 2.24) is 9.62 Å². The molecular weight excluding hydrogens is 376 g/mol. The third-order valence-electron chi connectivity index (χ3n) is 4.43. The van der Waals surface area contributed by atoms with Crippen molar-refractivity contribution in [2.45, 2.75) is 23.9 Å². The normalized spacial score (nSPS) is 17.4. The number of sulfonamides is 1. The van der Waals surface area contributed by atoms with E-state index in [1.165, 1.54) is 31.3 Å². The van der Waals surface area contributed by atoms with Gasteiger partial charge in [-0.3, -0.25) is 4.79 Å². The van der Waals surface area contributed by atoms with Gasteiger partial charge in [-0.1, -0.05) is 12.1 Å². The zero-order valence-corrected chi connectivity index (χ0v) is 15.4. The molecule has 0 aromatic heterocycles. The van der Waals surface area contributed by atoms with E-state index < -0.39 is 21.9 Å². The summed E-state index contributed by atoms with van der Waals surface area (Å²) in [5.41, 5.74) is 0.866. The average molecular weight is 395 g/mol. The molecule has 2 N–H and O–H groups in total. The molecule has 0 bridgehead atoms. The van der Waals surface area contributed by atoms with Gasteiger partial charge in [-0.05, 0) is 49.4 Å². The molecule has 1 unspecified atom stereocenters. The van der Waals surface area contributed by atoms with Crippen molar-refractivity contribution in [2.24, 2.45) is 0 Å². The number of nitrogens with one attached hydrogen (secondary N) is 2. The second-order valence-electron chi connectivity index (χ2n) is 6.22. The number of nitrogens with zero attached hydrogens (tertiary/aromatic N) is 1. The van der Waals surface area contributed by atoms with Crippen LogP contribution in [0.3, 0.4) is 0 Å². The molecule has 2 aromatic carbocycles. The van der Waals surface area contributed by atoms with Gasteiger partial charge in [-0.2, -0.15) is 0 Å². The van der Waals surface area contributed by atoms with E-state index >= 15 is 0 Å². The number of hydrogen-bond acceptors (Lipinski definition) is 4. The summed E-state index contributed by atoms with van der Waals surface area (Å²) < 4.78 is 52.8. The fourth-order valence-corrected chi connectivity index (χ4v) is 3.67. The fourth-order valence-electron chi connectivity index (χ4n) is 2.93. The summed E-state index contributed by atoms with van der Waals surface area (Å²) in [4.78, 5) is 13.9. The summed E-state index contributed by atoms with van der Waals surface area (Å²) >= 11 is 0. The van der Waals surface area contributed by atoms with Crippen LogP contribution in [0.25, 0.3) is 0 Å². The van der Waals surface area contributed by atoms with E-state index in [9.17, 15) is 22.0 Å². The van der Waals surface area contributed by atoms with Crippen molar-refractivity contribution in [3.63, 3.8) is 0 Å². The van der Waals surface area contributed by atoms with E-state index in [2.05, 4.69) is 10.0 Å². The van der Waals surface area contributed by atoms with Crippen LogP contribution in [0.15, 0.2) is 47.4 Å². The van der Waals surface area contributed by atoms with E-state index in [1.54, 1.807) is 17.0 Å². The van der Waals surface area contributed by atoms with Crippen LogP contribution >= 0.6 is 0 Å². The van der Waals surface area contributed by atoms with Crippen LogP contribution in [0.1, 0.15) is 12.0 Å². The summed E-state index contributed by atoms with van der Waals surface area (Å²) in [5, 5.41) is 2.84. The number of hydrogen-bond donors (Lipinski definition) is 2. The van der Waals surface area contributed by atoms with Crippen molar-refractivity contribution >= 4 is 21.6 Å². The summed E-state index contributed by atoms with van der Waals surface area (Å²) in [6.07, 6.45) is 0.482. The Morgan fingerprint density at radius 3 is 2.48 bits per heavy atom. The smallest absolute Gasteiger partial charge is 0.245 e. The Morgan fingerprint density at radius 2 is 1.85 bits per heavy atom. The zero-order valence-electron chi connectivity index (χ0n) is 14.6. The molecule has 1 aliphatic heterocycles. The third-order valence-corrected chi connectivity index (χ3v) is 5.85. The van der Waals surface area contributed by atoms with Gasteiger partial charge in [0.1, 0.15) is 17.7 Å². The van der Waals surface area contributed by atoms with E-state index in [-0.39, 0.29) is 22.3 Å². The zero-order chi connectivity index (χ0) is 19.6. The van der Waals surface area contributed by atoms with E-state index in [0.29, 0.717) is 19.5 Å². The van der Waals surface area contributed by atoms with Gasteiger partial charge in [0.05, 0.1) is 10.6 Å². The Labute approximate surface area is 156 Å². The van der Waals surface area contributed by atoms with Crippen LogP contribution in [-0.4, -0.2) is 38.9 Å².